The predicted molar refractivity (Wildman–Crippen MR) is 70.1 cm³/mol. The van der Waals surface area contributed by atoms with E-state index in [1.807, 2.05) is 48.5 Å². The Balaban J connectivity index is 2.28. The summed E-state index contributed by atoms with van der Waals surface area (Å²) in [4.78, 5) is 0. The van der Waals surface area contributed by atoms with Crippen LogP contribution in [0.3, 0.4) is 0 Å². The zero-order valence-corrected chi connectivity index (χ0v) is 9.68. The lowest BCUT2D eigenvalue weighted by Gasteiger charge is -2.12. The van der Waals surface area contributed by atoms with Crippen molar-refractivity contribution in [1.29, 1.82) is 0 Å². The minimum absolute atomic E-state index is 0.472. The van der Waals surface area contributed by atoms with Crippen LogP contribution in [0.15, 0.2) is 54.6 Å². The molecule has 80 valence electrons. The first kappa shape index (κ1) is 10.8. The van der Waals surface area contributed by atoms with Crippen molar-refractivity contribution in [3.63, 3.8) is 0 Å². The van der Waals surface area contributed by atoms with Crippen LogP contribution in [0.5, 0.6) is 11.5 Å². The first-order valence-corrected chi connectivity index (χ1v) is 5.59. The van der Waals surface area contributed by atoms with Gasteiger partial charge in [-0.3, -0.25) is 0 Å². The lowest BCUT2D eigenvalue weighted by molar-refractivity contribution is 0.486. The Kier molecular flexibility index (Phi) is 3.30. The average Bonchev–Trinajstić information content (AvgIpc) is 2.31. The van der Waals surface area contributed by atoms with E-state index in [2.05, 4.69) is 19.7 Å². The monoisotopic (exact) mass is 210 g/mol. The van der Waals surface area contributed by atoms with Gasteiger partial charge in [-0.25, -0.2) is 0 Å². The molecule has 2 heteroatoms. The van der Waals surface area contributed by atoms with Crippen LogP contribution < -0.4 is 10.2 Å². The van der Waals surface area contributed by atoms with E-state index in [1.54, 1.807) is 0 Å². The Morgan fingerprint density at radius 3 is 2.12 bits per heavy atom. The molecule has 2 rings (SSSR count). The van der Waals surface area contributed by atoms with E-state index in [0.717, 1.165) is 11.5 Å². The Hall–Kier alpha value is -1.70. The van der Waals surface area contributed by atoms with Crippen molar-refractivity contribution >= 4 is 12.2 Å². The van der Waals surface area contributed by atoms with E-state index in [1.165, 1.54) is 5.46 Å². The quantitative estimate of drug-likeness (QED) is 0.705. The van der Waals surface area contributed by atoms with Crippen LogP contribution in [0.25, 0.3) is 0 Å². The van der Waals surface area contributed by atoms with E-state index in [9.17, 15) is 0 Å². The van der Waals surface area contributed by atoms with Crippen LogP contribution in [0.4, 0.5) is 0 Å². The van der Waals surface area contributed by atoms with Crippen molar-refractivity contribution < 1.29 is 4.74 Å². The normalized spacial score (nSPS) is 9.88. The summed E-state index contributed by atoms with van der Waals surface area (Å²) in [5.41, 5.74) is 1.24. The number of para-hydroxylation sites is 2. The highest BCUT2D eigenvalue weighted by Crippen LogP contribution is 2.19. The standard InChI is InChI=1S/C14H15BO/c1-15(2)13-10-6-7-11-14(13)16-12-8-4-3-5-9-12/h3-11H,1-2H3. The number of hydrogen-bond donors (Lipinski definition) is 0. The molecule has 0 unspecified atom stereocenters. The van der Waals surface area contributed by atoms with Gasteiger partial charge in [0.15, 0.2) is 6.71 Å². The number of rotatable bonds is 3. The van der Waals surface area contributed by atoms with Crippen LogP contribution >= 0.6 is 0 Å². The molecule has 0 heterocycles. The molecule has 2 aromatic rings. The molecule has 16 heavy (non-hydrogen) atoms. The molecule has 0 fully saturated rings. The topological polar surface area (TPSA) is 9.23 Å². The van der Waals surface area contributed by atoms with Crippen LogP contribution in [0, 0.1) is 0 Å². The average molecular weight is 210 g/mol. The molecule has 0 radical (unpaired) electrons. The summed E-state index contributed by atoms with van der Waals surface area (Å²) in [6, 6.07) is 18.1. The molecule has 0 N–H and O–H groups in total. The van der Waals surface area contributed by atoms with Crippen molar-refractivity contribution in [2.24, 2.45) is 0 Å². The van der Waals surface area contributed by atoms with E-state index in [4.69, 9.17) is 4.74 Å². The molecular weight excluding hydrogens is 195 g/mol. The highest BCUT2D eigenvalue weighted by molar-refractivity contribution is 6.71. The van der Waals surface area contributed by atoms with Crippen LogP contribution in [-0.4, -0.2) is 6.71 Å². The van der Waals surface area contributed by atoms with Gasteiger partial charge in [-0.15, -0.1) is 0 Å². The van der Waals surface area contributed by atoms with Gasteiger partial charge >= 0.3 is 0 Å². The first-order chi connectivity index (χ1) is 7.77. The summed E-state index contributed by atoms with van der Waals surface area (Å²) < 4.78 is 5.87. The molecule has 0 aliphatic carbocycles. The molecule has 0 aromatic heterocycles. The molecule has 0 spiro atoms. The zero-order chi connectivity index (χ0) is 11.4. The van der Waals surface area contributed by atoms with Gasteiger partial charge in [-0.1, -0.05) is 50.0 Å². The smallest absolute Gasteiger partial charge is 0.174 e. The second-order valence-electron chi connectivity index (χ2n) is 4.11. The van der Waals surface area contributed by atoms with E-state index >= 15 is 0 Å². The molecule has 0 saturated carbocycles. The lowest BCUT2D eigenvalue weighted by atomic mass is 9.49. The maximum atomic E-state index is 5.87. The third-order valence-corrected chi connectivity index (χ3v) is 2.51. The fourth-order valence-corrected chi connectivity index (χ4v) is 1.67. The van der Waals surface area contributed by atoms with Gasteiger partial charge < -0.3 is 4.74 Å². The third-order valence-electron chi connectivity index (χ3n) is 2.51. The van der Waals surface area contributed by atoms with Gasteiger partial charge in [0, 0.05) is 0 Å². The fourth-order valence-electron chi connectivity index (χ4n) is 1.67. The maximum Gasteiger partial charge on any atom is 0.174 e. The summed E-state index contributed by atoms with van der Waals surface area (Å²) in [6.07, 6.45) is 0. The molecule has 1 nitrogen and oxygen atoms in total. The molecular formula is C14H15BO. The maximum absolute atomic E-state index is 5.87. The van der Waals surface area contributed by atoms with Crippen LogP contribution in [-0.2, 0) is 0 Å². The molecule has 0 bridgehead atoms. The van der Waals surface area contributed by atoms with Gasteiger partial charge in [-0.2, -0.15) is 0 Å². The van der Waals surface area contributed by atoms with Gasteiger partial charge in [0.05, 0.1) is 0 Å². The largest absolute Gasteiger partial charge is 0.458 e. The summed E-state index contributed by atoms with van der Waals surface area (Å²) in [7, 11) is 0. The van der Waals surface area contributed by atoms with Crippen molar-refractivity contribution in [3.8, 4) is 11.5 Å². The summed E-state index contributed by atoms with van der Waals surface area (Å²) in [5.74, 6) is 1.83. The number of hydrogen-bond acceptors (Lipinski definition) is 1. The molecule has 0 amide bonds. The molecule has 0 aliphatic rings. The number of benzene rings is 2. The summed E-state index contributed by atoms with van der Waals surface area (Å²) >= 11 is 0. The highest BCUT2D eigenvalue weighted by atomic mass is 16.5. The predicted octanol–water partition coefficient (Wildman–Crippen LogP) is 3.44. The minimum Gasteiger partial charge on any atom is -0.458 e. The Morgan fingerprint density at radius 2 is 1.44 bits per heavy atom. The van der Waals surface area contributed by atoms with E-state index in [0.29, 0.717) is 6.71 Å². The molecule has 0 saturated heterocycles. The lowest BCUT2D eigenvalue weighted by Crippen LogP contribution is -2.23. The molecule has 0 aliphatic heterocycles. The minimum atomic E-state index is 0.472. The molecule has 0 atom stereocenters. The second-order valence-corrected chi connectivity index (χ2v) is 4.11. The zero-order valence-electron chi connectivity index (χ0n) is 9.68. The highest BCUT2D eigenvalue weighted by Gasteiger charge is 2.09. The van der Waals surface area contributed by atoms with Crippen molar-refractivity contribution in [2.45, 2.75) is 13.6 Å². The van der Waals surface area contributed by atoms with Crippen molar-refractivity contribution in [1.82, 2.24) is 0 Å². The fraction of sp³-hybridized carbons (Fsp3) is 0.143. The SMILES string of the molecule is CB(C)c1ccccc1Oc1ccccc1. The van der Waals surface area contributed by atoms with Crippen LogP contribution in [0.2, 0.25) is 13.6 Å². The van der Waals surface area contributed by atoms with E-state index < -0.39 is 0 Å². The summed E-state index contributed by atoms with van der Waals surface area (Å²) in [5, 5.41) is 0. The number of ether oxygens (including phenoxy) is 1. The van der Waals surface area contributed by atoms with Gasteiger partial charge in [0.25, 0.3) is 0 Å². The van der Waals surface area contributed by atoms with Gasteiger partial charge in [0.2, 0.25) is 0 Å². The van der Waals surface area contributed by atoms with E-state index in [-0.39, 0.29) is 0 Å². The van der Waals surface area contributed by atoms with Crippen molar-refractivity contribution in [2.75, 3.05) is 0 Å². The summed E-state index contributed by atoms with van der Waals surface area (Å²) in [6.45, 7) is 4.82. The second kappa shape index (κ2) is 4.89. The van der Waals surface area contributed by atoms with Gasteiger partial charge in [0.1, 0.15) is 11.5 Å². The Bertz CT molecular complexity index is 451. The first-order valence-electron chi connectivity index (χ1n) is 5.59. The third kappa shape index (κ3) is 2.46. The van der Waals surface area contributed by atoms with Crippen LogP contribution in [0.1, 0.15) is 0 Å². The Labute approximate surface area is 97.2 Å². The van der Waals surface area contributed by atoms with Gasteiger partial charge in [-0.05, 0) is 23.7 Å². The van der Waals surface area contributed by atoms with Crippen molar-refractivity contribution in [3.05, 3.63) is 54.6 Å². The Morgan fingerprint density at radius 1 is 0.812 bits per heavy atom. The molecule has 2 aromatic carbocycles.